The van der Waals surface area contributed by atoms with Gasteiger partial charge in [-0.15, -0.1) is 0 Å². The number of rotatable bonds is 4. The zero-order chi connectivity index (χ0) is 21.0. The van der Waals surface area contributed by atoms with E-state index in [0.717, 1.165) is 32.7 Å². The Hall–Kier alpha value is -3.02. The summed E-state index contributed by atoms with van der Waals surface area (Å²) < 4.78 is 0. The van der Waals surface area contributed by atoms with E-state index in [0.29, 0.717) is 23.6 Å². The first-order chi connectivity index (χ1) is 15.3. The molecule has 1 aromatic heterocycles. The largest absolute Gasteiger partial charge is 0.336 e. The van der Waals surface area contributed by atoms with Crippen molar-refractivity contribution >= 4 is 5.91 Å². The number of piperazine rings is 2. The van der Waals surface area contributed by atoms with E-state index in [9.17, 15) is 4.79 Å². The Morgan fingerprint density at radius 3 is 2.26 bits per heavy atom. The van der Waals surface area contributed by atoms with Gasteiger partial charge in [0.2, 0.25) is 0 Å². The highest BCUT2D eigenvalue weighted by Gasteiger charge is 2.40. The lowest BCUT2D eigenvalue weighted by Crippen LogP contribution is -2.66. The van der Waals surface area contributed by atoms with Crippen molar-refractivity contribution in [2.24, 2.45) is 0 Å². The molecule has 2 atom stereocenters. The van der Waals surface area contributed by atoms with Crippen molar-refractivity contribution in [2.45, 2.75) is 18.0 Å². The molecule has 2 aromatic carbocycles. The van der Waals surface area contributed by atoms with Crippen LogP contribution in [0.4, 0.5) is 0 Å². The van der Waals surface area contributed by atoms with E-state index in [1.807, 2.05) is 17.0 Å². The number of amides is 1. The Kier molecular flexibility index (Phi) is 5.78. The Bertz CT molecular complexity index is 956. The summed E-state index contributed by atoms with van der Waals surface area (Å²) in [6.45, 7) is 4.23. The van der Waals surface area contributed by atoms with Gasteiger partial charge in [0.05, 0.1) is 5.56 Å². The first kappa shape index (κ1) is 19.9. The van der Waals surface area contributed by atoms with Gasteiger partial charge in [0.1, 0.15) is 0 Å². The van der Waals surface area contributed by atoms with Crippen LogP contribution in [0.2, 0.25) is 0 Å². The molecular formula is C26H28N4O. The second-order valence-electron chi connectivity index (χ2n) is 8.41. The molecule has 3 aromatic rings. The van der Waals surface area contributed by atoms with Crippen LogP contribution in [0.1, 0.15) is 27.4 Å². The summed E-state index contributed by atoms with van der Waals surface area (Å²) in [5, 5.41) is 3.66. The number of hydrogen-bond donors (Lipinski definition) is 1. The third kappa shape index (κ3) is 4.11. The van der Waals surface area contributed by atoms with Crippen molar-refractivity contribution in [3.63, 3.8) is 0 Å². The van der Waals surface area contributed by atoms with Gasteiger partial charge in [0.15, 0.2) is 0 Å². The molecule has 2 aliphatic rings. The molecule has 1 amide bonds. The van der Waals surface area contributed by atoms with Crippen LogP contribution in [0.25, 0.3) is 0 Å². The molecular weight excluding hydrogens is 384 g/mol. The van der Waals surface area contributed by atoms with Crippen molar-refractivity contribution in [1.82, 2.24) is 20.1 Å². The van der Waals surface area contributed by atoms with Gasteiger partial charge in [-0.25, -0.2) is 0 Å². The third-order valence-corrected chi connectivity index (χ3v) is 6.59. The van der Waals surface area contributed by atoms with E-state index in [2.05, 4.69) is 75.9 Å². The molecule has 2 unspecified atom stereocenters. The molecule has 5 rings (SSSR count). The van der Waals surface area contributed by atoms with Gasteiger partial charge in [-0.3, -0.25) is 14.7 Å². The van der Waals surface area contributed by atoms with Crippen LogP contribution in [0.15, 0.2) is 85.2 Å². The standard InChI is InChI=1S/C26H28N4O/c31-26(22-12-7-13-27-16-22)29-14-15-30-23(19-29)17-28-18-24(30)25(20-8-3-1-4-9-20)21-10-5-2-6-11-21/h1-13,16,23-25,28H,14-15,17-19H2. The van der Waals surface area contributed by atoms with Gasteiger partial charge in [-0.1, -0.05) is 60.7 Å². The average Bonchev–Trinajstić information content (AvgIpc) is 2.85. The van der Waals surface area contributed by atoms with Gasteiger partial charge in [-0.2, -0.15) is 0 Å². The number of pyridine rings is 1. The van der Waals surface area contributed by atoms with E-state index >= 15 is 0 Å². The predicted molar refractivity (Wildman–Crippen MR) is 122 cm³/mol. The van der Waals surface area contributed by atoms with Crippen LogP contribution in [0.3, 0.4) is 0 Å². The summed E-state index contributed by atoms with van der Waals surface area (Å²) in [6.07, 6.45) is 3.37. The van der Waals surface area contributed by atoms with Crippen LogP contribution >= 0.6 is 0 Å². The number of nitrogens with one attached hydrogen (secondary N) is 1. The third-order valence-electron chi connectivity index (χ3n) is 6.59. The number of fused-ring (bicyclic) bond motifs is 1. The van der Waals surface area contributed by atoms with Crippen LogP contribution in [0, 0.1) is 0 Å². The summed E-state index contributed by atoms with van der Waals surface area (Å²) in [7, 11) is 0. The number of aromatic nitrogens is 1. The number of benzene rings is 2. The molecule has 5 nitrogen and oxygen atoms in total. The number of carbonyl (C=O) groups is 1. The summed E-state index contributed by atoms with van der Waals surface area (Å²) in [6, 6.07) is 26.0. The molecule has 5 heteroatoms. The molecule has 0 saturated carbocycles. The highest BCUT2D eigenvalue weighted by Crippen LogP contribution is 2.34. The van der Waals surface area contributed by atoms with E-state index in [1.54, 1.807) is 12.4 Å². The normalized spacial score (nSPS) is 21.6. The van der Waals surface area contributed by atoms with E-state index < -0.39 is 0 Å². The van der Waals surface area contributed by atoms with Crippen molar-refractivity contribution in [2.75, 3.05) is 32.7 Å². The quantitative estimate of drug-likeness (QED) is 0.716. The minimum atomic E-state index is 0.0811. The molecule has 2 saturated heterocycles. The first-order valence-electron chi connectivity index (χ1n) is 11.1. The summed E-state index contributed by atoms with van der Waals surface area (Å²) in [5.74, 6) is 0.371. The van der Waals surface area contributed by atoms with Gasteiger partial charge in [-0.05, 0) is 23.3 Å². The van der Waals surface area contributed by atoms with Crippen LogP contribution < -0.4 is 5.32 Å². The zero-order valence-corrected chi connectivity index (χ0v) is 17.6. The molecule has 0 bridgehead atoms. The minimum absolute atomic E-state index is 0.0811. The van der Waals surface area contributed by atoms with Crippen molar-refractivity contribution in [3.8, 4) is 0 Å². The van der Waals surface area contributed by atoms with E-state index in [4.69, 9.17) is 0 Å². The molecule has 0 radical (unpaired) electrons. The van der Waals surface area contributed by atoms with Gasteiger partial charge < -0.3 is 10.2 Å². The summed E-state index contributed by atoms with van der Waals surface area (Å²) in [5.41, 5.74) is 3.35. The fourth-order valence-electron chi connectivity index (χ4n) is 5.13. The van der Waals surface area contributed by atoms with E-state index in [1.165, 1.54) is 11.1 Å². The highest BCUT2D eigenvalue weighted by atomic mass is 16.2. The molecule has 0 aliphatic carbocycles. The van der Waals surface area contributed by atoms with Crippen molar-refractivity contribution in [3.05, 3.63) is 102 Å². The summed E-state index contributed by atoms with van der Waals surface area (Å²) >= 11 is 0. The van der Waals surface area contributed by atoms with Gasteiger partial charge in [0, 0.05) is 63.1 Å². The topological polar surface area (TPSA) is 48.5 Å². The lowest BCUT2D eigenvalue weighted by atomic mass is 9.82. The highest BCUT2D eigenvalue weighted by molar-refractivity contribution is 5.94. The van der Waals surface area contributed by atoms with Crippen LogP contribution in [0.5, 0.6) is 0 Å². The lowest BCUT2D eigenvalue weighted by Gasteiger charge is -2.50. The monoisotopic (exact) mass is 412 g/mol. The molecule has 3 heterocycles. The van der Waals surface area contributed by atoms with Gasteiger partial charge >= 0.3 is 0 Å². The minimum Gasteiger partial charge on any atom is -0.336 e. The summed E-state index contributed by atoms with van der Waals surface area (Å²) in [4.78, 5) is 21.7. The zero-order valence-electron chi connectivity index (χ0n) is 17.6. The molecule has 1 N–H and O–H groups in total. The Labute approximate surface area is 183 Å². The maximum absolute atomic E-state index is 13.0. The van der Waals surface area contributed by atoms with Crippen molar-refractivity contribution in [1.29, 1.82) is 0 Å². The Balaban J connectivity index is 1.40. The molecule has 158 valence electrons. The van der Waals surface area contributed by atoms with Crippen molar-refractivity contribution < 1.29 is 4.79 Å². The Morgan fingerprint density at radius 1 is 0.903 bits per heavy atom. The fraction of sp³-hybridized carbons (Fsp3) is 0.308. The predicted octanol–water partition coefficient (Wildman–Crippen LogP) is 3.01. The second-order valence-corrected chi connectivity index (χ2v) is 8.41. The Morgan fingerprint density at radius 2 is 1.61 bits per heavy atom. The fourth-order valence-corrected chi connectivity index (χ4v) is 5.13. The maximum atomic E-state index is 13.0. The number of carbonyl (C=O) groups excluding carboxylic acids is 1. The second kappa shape index (κ2) is 9.00. The van der Waals surface area contributed by atoms with Crippen LogP contribution in [-0.2, 0) is 0 Å². The molecule has 2 aliphatic heterocycles. The van der Waals surface area contributed by atoms with Gasteiger partial charge in [0.25, 0.3) is 5.91 Å². The SMILES string of the molecule is O=C(c1cccnc1)N1CCN2C(CNCC2C(c2ccccc2)c2ccccc2)C1. The smallest absolute Gasteiger partial charge is 0.255 e. The first-order valence-corrected chi connectivity index (χ1v) is 11.1. The molecule has 2 fully saturated rings. The molecule has 31 heavy (non-hydrogen) atoms. The lowest BCUT2D eigenvalue weighted by molar-refractivity contribution is 0.0143. The average molecular weight is 413 g/mol. The van der Waals surface area contributed by atoms with Crippen LogP contribution in [-0.4, -0.2) is 65.5 Å². The molecule has 0 spiro atoms. The van der Waals surface area contributed by atoms with E-state index in [-0.39, 0.29) is 5.91 Å². The number of nitrogens with zero attached hydrogens (tertiary/aromatic N) is 3. The number of hydrogen-bond acceptors (Lipinski definition) is 4. The maximum Gasteiger partial charge on any atom is 0.255 e.